The molecule has 13 heteroatoms. The van der Waals surface area contributed by atoms with Gasteiger partial charge in [0.15, 0.2) is 6.17 Å². The Morgan fingerprint density at radius 3 is 2.52 bits per heavy atom. The lowest BCUT2D eigenvalue weighted by Crippen LogP contribution is -2.48. The zero-order chi connectivity index (χ0) is 21.2. The van der Waals surface area contributed by atoms with Crippen molar-refractivity contribution in [2.24, 2.45) is 15.3 Å². The molecule has 2 atom stereocenters. The summed E-state index contributed by atoms with van der Waals surface area (Å²) in [5, 5.41) is 17.6. The van der Waals surface area contributed by atoms with E-state index in [2.05, 4.69) is 37.9 Å². The minimum atomic E-state index is -0.479. The molecule has 0 saturated heterocycles. The molecular weight excluding hydrogens is 416 g/mol. The molecule has 160 valence electrons. The molecule has 11 nitrogen and oxygen atoms in total. The van der Waals surface area contributed by atoms with Gasteiger partial charge in [0, 0.05) is 57.2 Å². The third-order valence-corrected chi connectivity index (χ3v) is 6.47. The second kappa shape index (κ2) is 11.7. The van der Waals surface area contributed by atoms with E-state index in [0.717, 1.165) is 11.5 Å². The highest BCUT2D eigenvalue weighted by atomic mass is 33.1. The Morgan fingerprint density at radius 1 is 1.17 bits per heavy atom. The van der Waals surface area contributed by atoms with E-state index in [4.69, 9.17) is 0 Å². The van der Waals surface area contributed by atoms with Gasteiger partial charge >= 0.3 is 6.03 Å². The van der Waals surface area contributed by atoms with Crippen LogP contribution in [0.5, 0.6) is 0 Å². The van der Waals surface area contributed by atoms with Crippen LogP contribution in [0.25, 0.3) is 0 Å². The Bertz CT molecular complexity index is 687. The van der Waals surface area contributed by atoms with Crippen molar-refractivity contribution >= 4 is 45.8 Å². The molecule has 2 unspecified atom stereocenters. The number of rotatable bonds is 12. The average Bonchev–Trinajstić information content (AvgIpc) is 3.15. The van der Waals surface area contributed by atoms with Crippen molar-refractivity contribution in [2.45, 2.75) is 25.0 Å². The monoisotopic (exact) mass is 442 g/mol. The lowest BCUT2D eigenvalue weighted by atomic mass is 10.2. The van der Waals surface area contributed by atoms with Crippen LogP contribution in [0.2, 0.25) is 0 Å². The molecule has 4 amide bonds. The summed E-state index contributed by atoms with van der Waals surface area (Å²) < 4.78 is 0. The van der Waals surface area contributed by atoms with Gasteiger partial charge in [-0.2, -0.15) is 5.01 Å². The molecular formula is C16H26N8O3S2. The zero-order valence-corrected chi connectivity index (χ0v) is 18.1. The molecule has 0 aromatic rings. The molecule has 0 bridgehead atoms. The fourth-order valence-electron chi connectivity index (χ4n) is 2.48. The van der Waals surface area contributed by atoms with E-state index in [1.54, 1.807) is 35.7 Å². The summed E-state index contributed by atoms with van der Waals surface area (Å²) in [4.78, 5) is 40.4. The van der Waals surface area contributed by atoms with Crippen molar-refractivity contribution in [3.8, 4) is 0 Å². The van der Waals surface area contributed by atoms with Gasteiger partial charge in [0.1, 0.15) is 6.04 Å². The van der Waals surface area contributed by atoms with E-state index in [1.165, 1.54) is 16.2 Å². The summed E-state index contributed by atoms with van der Waals surface area (Å²) >= 11 is 0. The Labute approximate surface area is 177 Å². The predicted molar refractivity (Wildman–Crippen MR) is 114 cm³/mol. The number of hydrogen-bond acceptors (Lipinski definition) is 9. The van der Waals surface area contributed by atoms with Crippen molar-refractivity contribution in [3.63, 3.8) is 0 Å². The first-order chi connectivity index (χ1) is 13.9. The fraction of sp³-hybridized carbons (Fsp3) is 0.625. The molecule has 3 N–H and O–H groups in total. The molecule has 2 heterocycles. The molecule has 0 aliphatic carbocycles. The van der Waals surface area contributed by atoms with Gasteiger partial charge in [0.2, 0.25) is 11.8 Å². The Balaban J connectivity index is 1.52. The molecule has 0 aromatic carbocycles. The minimum Gasteiger partial charge on any atom is -0.386 e. The number of urea groups is 1. The third kappa shape index (κ3) is 6.92. The summed E-state index contributed by atoms with van der Waals surface area (Å²) in [5.41, 5.74) is 0.694. The van der Waals surface area contributed by atoms with Gasteiger partial charge < -0.3 is 16.0 Å². The Kier molecular flexibility index (Phi) is 9.25. The maximum absolute atomic E-state index is 12.0. The number of fused-ring (bicyclic) bond motifs is 1. The van der Waals surface area contributed by atoms with E-state index in [-0.39, 0.29) is 36.7 Å². The van der Waals surface area contributed by atoms with Crippen LogP contribution >= 0.6 is 21.6 Å². The highest BCUT2D eigenvalue weighted by Crippen LogP contribution is 2.25. The van der Waals surface area contributed by atoms with Crippen molar-refractivity contribution in [3.05, 3.63) is 12.3 Å². The number of carbonyl (C=O) groups excluding carboxylic acids is 3. The van der Waals surface area contributed by atoms with Crippen molar-refractivity contribution in [1.29, 1.82) is 0 Å². The summed E-state index contributed by atoms with van der Waals surface area (Å²) in [6.07, 6.45) is 1.41. The minimum absolute atomic E-state index is 0.118. The second-order valence-electron chi connectivity index (χ2n) is 6.16. The molecule has 2 rings (SSSR count). The van der Waals surface area contributed by atoms with Crippen LogP contribution in [0.1, 0.15) is 12.8 Å². The fourth-order valence-corrected chi connectivity index (χ4v) is 4.29. The van der Waals surface area contributed by atoms with Crippen LogP contribution in [0, 0.1) is 0 Å². The van der Waals surface area contributed by atoms with Crippen LogP contribution < -0.4 is 16.0 Å². The quantitative estimate of drug-likeness (QED) is 0.299. The van der Waals surface area contributed by atoms with Gasteiger partial charge in [-0.1, -0.05) is 33.4 Å². The van der Waals surface area contributed by atoms with E-state index < -0.39 is 6.17 Å². The number of carbonyl (C=O) groups is 3. The van der Waals surface area contributed by atoms with Gasteiger partial charge in [0.25, 0.3) is 0 Å². The summed E-state index contributed by atoms with van der Waals surface area (Å²) in [6.45, 7) is 5.26. The molecule has 0 radical (unpaired) electrons. The first kappa shape index (κ1) is 23.0. The van der Waals surface area contributed by atoms with E-state index in [0.29, 0.717) is 18.8 Å². The lowest BCUT2D eigenvalue weighted by molar-refractivity contribution is -0.126. The molecule has 0 aromatic heterocycles. The SMILES string of the molecule is C=C(NCCSSCCNC(=O)CCC(=O)NC)C1N=CN2C(=O)N(C)N=NC12. The lowest BCUT2D eigenvalue weighted by Gasteiger charge is -2.29. The third-order valence-electron chi connectivity index (χ3n) is 4.06. The Hall–Kier alpha value is -2.28. The maximum atomic E-state index is 12.0. The van der Waals surface area contributed by atoms with Crippen molar-refractivity contribution < 1.29 is 14.4 Å². The van der Waals surface area contributed by atoms with Gasteiger partial charge in [-0.3, -0.25) is 19.5 Å². The number of aliphatic imine (C=N–C) groups is 1. The number of nitrogens with zero attached hydrogens (tertiary/aromatic N) is 5. The van der Waals surface area contributed by atoms with Crippen LogP contribution in [0.15, 0.2) is 27.6 Å². The van der Waals surface area contributed by atoms with E-state index in [1.807, 2.05) is 0 Å². The van der Waals surface area contributed by atoms with Gasteiger partial charge in [-0.15, -0.1) is 5.11 Å². The largest absolute Gasteiger partial charge is 0.386 e. The van der Waals surface area contributed by atoms with Gasteiger partial charge in [-0.25, -0.2) is 4.79 Å². The van der Waals surface area contributed by atoms with Crippen molar-refractivity contribution in [2.75, 3.05) is 38.7 Å². The Morgan fingerprint density at radius 2 is 1.83 bits per heavy atom. The number of amides is 4. The molecule has 0 fully saturated rings. The molecule has 2 aliphatic heterocycles. The van der Waals surface area contributed by atoms with Crippen LogP contribution in [-0.4, -0.2) is 85.0 Å². The van der Waals surface area contributed by atoms with Gasteiger partial charge in [0.05, 0.1) is 6.34 Å². The standard InChI is InChI=1S/C16H26N8O3S2/c1-11(14-15-21-22-23(3)16(27)24(15)10-20-14)18-6-8-28-29-9-7-19-13(26)5-4-12(25)17-2/h10,14-15,18H,1,4-9H2,2-3H3,(H,17,25)(H,19,26). The topological polar surface area (TPSA) is 131 Å². The maximum Gasteiger partial charge on any atom is 0.348 e. The molecule has 0 saturated carbocycles. The highest BCUT2D eigenvalue weighted by Gasteiger charge is 2.40. The van der Waals surface area contributed by atoms with Gasteiger partial charge in [-0.05, 0) is 0 Å². The zero-order valence-electron chi connectivity index (χ0n) is 16.5. The second-order valence-corrected chi connectivity index (χ2v) is 8.86. The summed E-state index contributed by atoms with van der Waals surface area (Å²) in [5.74, 6) is 1.35. The van der Waals surface area contributed by atoms with Crippen LogP contribution in [0.3, 0.4) is 0 Å². The normalized spacial score (nSPS) is 19.9. The molecule has 29 heavy (non-hydrogen) atoms. The smallest absolute Gasteiger partial charge is 0.348 e. The number of nitrogens with one attached hydrogen (secondary N) is 3. The van der Waals surface area contributed by atoms with E-state index >= 15 is 0 Å². The number of hydrogen-bond donors (Lipinski definition) is 3. The molecule has 2 aliphatic rings. The average molecular weight is 443 g/mol. The van der Waals surface area contributed by atoms with Crippen LogP contribution in [-0.2, 0) is 9.59 Å². The van der Waals surface area contributed by atoms with Crippen LogP contribution in [0.4, 0.5) is 4.79 Å². The van der Waals surface area contributed by atoms with Crippen molar-refractivity contribution in [1.82, 2.24) is 25.9 Å². The first-order valence-electron chi connectivity index (χ1n) is 9.08. The predicted octanol–water partition coefficient (Wildman–Crippen LogP) is 0.585. The van der Waals surface area contributed by atoms with E-state index in [9.17, 15) is 14.4 Å². The summed E-state index contributed by atoms with van der Waals surface area (Å²) in [6, 6.07) is -0.615. The first-order valence-corrected chi connectivity index (χ1v) is 11.6. The highest BCUT2D eigenvalue weighted by molar-refractivity contribution is 8.76. The summed E-state index contributed by atoms with van der Waals surface area (Å²) in [7, 11) is 6.43. The molecule has 0 spiro atoms.